The van der Waals surface area contributed by atoms with Crippen molar-refractivity contribution in [2.45, 2.75) is 70.5 Å². The highest BCUT2D eigenvalue weighted by molar-refractivity contribution is 5.65. The summed E-state index contributed by atoms with van der Waals surface area (Å²) in [6.07, 6.45) is -1.70. The lowest BCUT2D eigenvalue weighted by Gasteiger charge is -2.33. The molecule has 1 fully saturated rings. The Morgan fingerprint density at radius 3 is 1.79 bits per heavy atom. The molecule has 1 aliphatic carbocycles. The lowest BCUT2D eigenvalue weighted by Crippen LogP contribution is -2.37. The van der Waals surface area contributed by atoms with Gasteiger partial charge in [-0.3, -0.25) is 0 Å². The van der Waals surface area contributed by atoms with E-state index in [2.05, 4.69) is 11.7 Å². The standard InChI is InChI=1S/C31H29F9O2/c1-2-3-4-5-18-6-10-21(11-7-18)30(37,38)41-22-12-8-19(9-13-22)20-14-24(32)28(25(33)15-20)31(39,40)42-23-16-26(34)29(36)27(35)17-23/h8-9,12-18,21H,2-7,10-11H2,1H3. The molecular formula is C31H29F9O2. The number of unbranched alkanes of at least 4 members (excludes halogenated alkanes) is 2. The zero-order valence-corrected chi connectivity index (χ0v) is 22.6. The molecule has 2 nitrogen and oxygen atoms in total. The van der Waals surface area contributed by atoms with Crippen LogP contribution >= 0.6 is 0 Å². The van der Waals surface area contributed by atoms with Gasteiger partial charge in [0.1, 0.15) is 28.7 Å². The van der Waals surface area contributed by atoms with Gasteiger partial charge in [-0.15, -0.1) is 0 Å². The van der Waals surface area contributed by atoms with Crippen LogP contribution in [-0.2, 0) is 6.11 Å². The summed E-state index contributed by atoms with van der Waals surface area (Å²) in [6.45, 7) is 2.11. The minimum absolute atomic E-state index is 0.100. The van der Waals surface area contributed by atoms with Crippen LogP contribution in [0.1, 0.15) is 63.9 Å². The monoisotopic (exact) mass is 604 g/mol. The first-order chi connectivity index (χ1) is 19.8. The minimum atomic E-state index is -4.73. The Kier molecular flexibility index (Phi) is 9.67. The van der Waals surface area contributed by atoms with Crippen molar-refractivity contribution < 1.29 is 49.0 Å². The van der Waals surface area contributed by atoms with E-state index in [1.54, 1.807) is 0 Å². The molecule has 0 atom stereocenters. The second-order valence-corrected chi connectivity index (χ2v) is 10.5. The van der Waals surface area contributed by atoms with Gasteiger partial charge < -0.3 is 9.47 Å². The first kappa shape index (κ1) is 31.6. The van der Waals surface area contributed by atoms with Crippen LogP contribution < -0.4 is 9.47 Å². The molecule has 1 saturated carbocycles. The molecule has 4 rings (SSSR count). The van der Waals surface area contributed by atoms with Gasteiger partial charge in [0.2, 0.25) is 0 Å². The highest BCUT2D eigenvalue weighted by atomic mass is 19.3. The van der Waals surface area contributed by atoms with Gasteiger partial charge in [0.25, 0.3) is 0 Å². The van der Waals surface area contributed by atoms with Crippen molar-refractivity contribution in [2.75, 3.05) is 0 Å². The van der Waals surface area contributed by atoms with Gasteiger partial charge in [-0.1, -0.05) is 44.7 Å². The van der Waals surface area contributed by atoms with E-state index in [0.717, 1.165) is 25.7 Å². The Morgan fingerprint density at radius 1 is 0.667 bits per heavy atom. The quantitative estimate of drug-likeness (QED) is 0.123. The molecule has 0 saturated heterocycles. The summed E-state index contributed by atoms with van der Waals surface area (Å²) in [6, 6.07) is 6.16. The number of halogens is 9. The van der Waals surface area contributed by atoms with E-state index in [0.29, 0.717) is 43.7 Å². The van der Waals surface area contributed by atoms with Crippen LogP contribution in [0.2, 0.25) is 0 Å². The molecule has 42 heavy (non-hydrogen) atoms. The number of rotatable bonds is 11. The zero-order valence-electron chi connectivity index (χ0n) is 22.6. The van der Waals surface area contributed by atoms with Gasteiger partial charge in [0, 0.05) is 12.1 Å². The highest BCUT2D eigenvalue weighted by Gasteiger charge is 2.44. The summed E-state index contributed by atoms with van der Waals surface area (Å²) >= 11 is 0. The number of benzene rings is 3. The fraction of sp³-hybridized carbons (Fsp3) is 0.419. The molecule has 3 aromatic rings. The van der Waals surface area contributed by atoms with Crippen LogP contribution in [-0.4, -0.2) is 6.11 Å². The molecule has 0 amide bonds. The first-order valence-corrected chi connectivity index (χ1v) is 13.7. The van der Waals surface area contributed by atoms with Gasteiger partial charge in [-0.05, 0) is 67.0 Å². The summed E-state index contributed by atoms with van der Waals surface area (Å²) in [5.74, 6) is -11.0. The summed E-state index contributed by atoms with van der Waals surface area (Å²) < 4.78 is 137. The van der Waals surface area contributed by atoms with Gasteiger partial charge in [0.15, 0.2) is 17.5 Å². The van der Waals surface area contributed by atoms with Crippen molar-refractivity contribution in [2.24, 2.45) is 11.8 Å². The number of alkyl halides is 4. The summed E-state index contributed by atoms with van der Waals surface area (Å²) in [5.41, 5.74) is -1.95. The zero-order chi connectivity index (χ0) is 30.7. The topological polar surface area (TPSA) is 18.5 Å². The Hall–Kier alpha value is -3.37. The average molecular weight is 605 g/mol. The van der Waals surface area contributed by atoms with E-state index in [1.165, 1.54) is 24.3 Å². The maximum atomic E-state index is 14.9. The first-order valence-electron chi connectivity index (χ1n) is 13.7. The van der Waals surface area contributed by atoms with Gasteiger partial charge in [-0.25, -0.2) is 22.0 Å². The largest absolute Gasteiger partial charge is 0.432 e. The predicted octanol–water partition coefficient (Wildman–Crippen LogP) is 10.5. The Labute approximate surface area is 237 Å². The summed E-state index contributed by atoms with van der Waals surface area (Å²) in [4.78, 5) is 0. The summed E-state index contributed by atoms with van der Waals surface area (Å²) in [7, 11) is 0. The molecule has 0 aromatic heterocycles. The van der Waals surface area contributed by atoms with Crippen LogP contribution in [0.25, 0.3) is 11.1 Å². The molecular weight excluding hydrogens is 575 g/mol. The molecule has 0 radical (unpaired) electrons. The van der Waals surface area contributed by atoms with Gasteiger partial charge in [0.05, 0.1) is 5.92 Å². The molecule has 0 N–H and O–H groups in total. The van der Waals surface area contributed by atoms with Crippen LogP contribution in [0, 0.1) is 40.9 Å². The number of hydrogen-bond acceptors (Lipinski definition) is 2. The Bertz CT molecular complexity index is 1320. The van der Waals surface area contributed by atoms with Crippen molar-refractivity contribution >= 4 is 0 Å². The minimum Gasteiger partial charge on any atom is -0.432 e. The Balaban J connectivity index is 1.43. The Morgan fingerprint density at radius 2 is 1.24 bits per heavy atom. The molecule has 3 aromatic carbocycles. The van der Waals surface area contributed by atoms with Crippen molar-refractivity contribution in [3.05, 3.63) is 83.2 Å². The SMILES string of the molecule is CCCCCC1CCC(C(F)(F)Oc2ccc(-c3cc(F)c(C(F)(F)Oc4cc(F)c(F)c(F)c4)c(F)c3)cc2)CC1. The molecule has 0 bridgehead atoms. The van der Waals surface area contributed by atoms with Crippen molar-refractivity contribution in [3.8, 4) is 22.6 Å². The van der Waals surface area contributed by atoms with E-state index in [4.69, 9.17) is 4.74 Å². The fourth-order valence-corrected chi connectivity index (χ4v) is 5.23. The predicted molar refractivity (Wildman–Crippen MR) is 138 cm³/mol. The normalized spacial score (nSPS) is 17.8. The van der Waals surface area contributed by atoms with Crippen LogP contribution in [0.15, 0.2) is 48.5 Å². The molecule has 1 aliphatic rings. The van der Waals surface area contributed by atoms with E-state index < -0.39 is 58.5 Å². The lowest BCUT2D eigenvalue weighted by atomic mass is 9.79. The molecule has 0 spiro atoms. The summed E-state index contributed by atoms with van der Waals surface area (Å²) in [5, 5.41) is 0. The highest BCUT2D eigenvalue weighted by Crippen LogP contribution is 2.42. The van der Waals surface area contributed by atoms with Gasteiger partial charge in [-0.2, -0.15) is 17.6 Å². The van der Waals surface area contributed by atoms with Gasteiger partial charge >= 0.3 is 12.2 Å². The lowest BCUT2D eigenvalue weighted by molar-refractivity contribution is -0.223. The number of ether oxygens (including phenoxy) is 2. The molecule has 0 heterocycles. The third-order valence-corrected chi connectivity index (χ3v) is 7.52. The third-order valence-electron chi connectivity index (χ3n) is 7.52. The van der Waals surface area contributed by atoms with E-state index in [-0.39, 0.29) is 29.0 Å². The van der Waals surface area contributed by atoms with E-state index >= 15 is 0 Å². The number of hydrogen-bond donors (Lipinski definition) is 0. The molecule has 0 aliphatic heterocycles. The van der Waals surface area contributed by atoms with Crippen LogP contribution in [0.3, 0.4) is 0 Å². The smallest absolute Gasteiger partial charge is 0.432 e. The van der Waals surface area contributed by atoms with Crippen molar-refractivity contribution in [1.82, 2.24) is 0 Å². The second kappa shape index (κ2) is 12.9. The second-order valence-electron chi connectivity index (χ2n) is 10.5. The van der Waals surface area contributed by atoms with Crippen LogP contribution in [0.4, 0.5) is 39.5 Å². The van der Waals surface area contributed by atoms with E-state index in [9.17, 15) is 39.5 Å². The fourth-order valence-electron chi connectivity index (χ4n) is 5.23. The average Bonchev–Trinajstić information content (AvgIpc) is 2.91. The van der Waals surface area contributed by atoms with E-state index in [1.807, 2.05) is 0 Å². The third kappa shape index (κ3) is 7.33. The van der Waals surface area contributed by atoms with Crippen molar-refractivity contribution in [3.63, 3.8) is 0 Å². The molecule has 11 heteroatoms. The molecule has 228 valence electrons. The maximum Gasteiger partial charge on any atom is 0.432 e. The maximum absolute atomic E-state index is 14.9. The molecule has 0 unspecified atom stereocenters. The van der Waals surface area contributed by atoms with Crippen molar-refractivity contribution in [1.29, 1.82) is 0 Å². The van der Waals surface area contributed by atoms with Crippen LogP contribution in [0.5, 0.6) is 11.5 Å².